The third-order valence-electron chi connectivity index (χ3n) is 7.98. The quantitative estimate of drug-likeness (QED) is 0.434. The van der Waals surface area contributed by atoms with Crippen molar-refractivity contribution in [3.8, 4) is 0 Å². The fourth-order valence-electron chi connectivity index (χ4n) is 6.60. The molecule has 3 fully saturated rings. The maximum atomic E-state index is 12.2. The number of carbonyl (C=O) groups is 2. The molecule has 148 valence electrons. The average molecular weight is 374 g/mol. The number of fused-ring (bicyclic) bond motifs is 5. The molecule has 0 bridgehead atoms. The van der Waals surface area contributed by atoms with E-state index in [2.05, 4.69) is 33.4 Å². The number of aliphatic hydroxyl groups is 1. The van der Waals surface area contributed by atoms with Gasteiger partial charge in [-0.1, -0.05) is 33.4 Å². The van der Waals surface area contributed by atoms with E-state index in [1.54, 1.807) is 0 Å². The molecule has 0 aromatic heterocycles. The molecular weight excluding hydrogens is 344 g/mol. The molecule has 27 heavy (non-hydrogen) atoms. The zero-order valence-corrected chi connectivity index (χ0v) is 16.7. The Morgan fingerprint density at radius 1 is 1.37 bits per heavy atom. The lowest BCUT2D eigenvalue weighted by Crippen LogP contribution is -2.59. The number of ether oxygens (including phenoxy) is 2. The Hall–Kier alpha value is -1.62. The summed E-state index contributed by atoms with van der Waals surface area (Å²) in [5.41, 5.74) is 1.25. The van der Waals surface area contributed by atoms with E-state index in [9.17, 15) is 14.7 Å². The van der Waals surface area contributed by atoms with Gasteiger partial charge in [-0.2, -0.15) is 0 Å². The van der Waals surface area contributed by atoms with Crippen LogP contribution in [-0.4, -0.2) is 35.4 Å². The molecule has 1 saturated heterocycles. The van der Waals surface area contributed by atoms with E-state index < -0.39 is 0 Å². The average Bonchev–Trinajstić information content (AvgIpc) is 2.86. The van der Waals surface area contributed by atoms with Crippen molar-refractivity contribution in [1.82, 2.24) is 0 Å². The van der Waals surface area contributed by atoms with Crippen molar-refractivity contribution in [1.29, 1.82) is 0 Å². The fourth-order valence-corrected chi connectivity index (χ4v) is 6.60. The van der Waals surface area contributed by atoms with E-state index >= 15 is 0 Å². The largest absolute Gasteiger partial charge is 0.462 e. The van der Waals surface area contributed by atoms with Crippen LogP contribution in [0.15, 0.2) is 23.8 Å². The molecule has 0 spiro atoms. The number of hydrogen-bond acceptors (Lipinski definition) is 5. The Balaban J connectivity index is 1.80. The highest BCUT2D eigenvalue weighted by atomic mass is 16.6. The second-order valence-corrected chi connectivity index (χ2v) is 9.69. The third kappa shape index (κ3) is 2.54. The highest BCUT2D eigenvalue weighted by molar-refractivity contribution is 5.91. The van der Waals surface area contributed by atoms with E-state index in [1.807, 2.05) is 0 Å². The highest BCUT2D eigenvalue weighted by Crippen LogP contribution is 2.64. The minimum absolute atomic E-state index is 0.00637. The number of rotatable bonds is 1. The van der Waals surface area contributed by atoms with Crippen molar-refractivity contribution in [3.63, 3.8) is 0 Å². The smallest absolute Gasteiger partial charge is 0.334 e. The molecule has 7 unspecified atom stereocenters. The Labute approximate surface area is 160 Å². The normalized spacial score (nSPS) is 45.1. The van der Waals surface area contributed by atoms with E-state index in [-0.39, 0.29) is 58.8 Å². The van der Waals surface area contributed by atoms with E-state index in [0.29, 0.717) is 12.0 Å². The number of aliphatic hydroxyl groups excluding tert-OH is 1. The lowest BCUT2D eigenvalue weighted by atomic mass is 9.45. The Morgan fingerprint density at radius 3 is 2.74 bits per heavy atom. The van der Waals surface area contributed by atoms with Crippen LogP contribution in [0.2, 0.25) is 0 Å². The molecule has 5 nitrogen and oxygen atoms in total. The van der Waals surface area contributed by atoms with Gasteiger partial charge in [0.2, 0.25) is 0 Å². The first-order valence-electron chi connectivity index (χ1n) is 10.0. The second-order valence-electron chi connectivity index (χ2n) is 9.69. The van der Waals surface area contributed by atoms with Crippen LogP contribution in [0.3, 0.4) is 0 Å². The molecule has 3 aliphatic carbocycles. The first-order chi connectivity index (χ1) is 12.6. The zero-order valence-electron chi connectivity index (χ0n) is 16.7. The van der Waals surface area contributed by atoms with Crippen molar-refractivity contribution < 1.29 is 24.2 Å². The minimum Gasteiger partial charge on any atom is -0.462 e. The Bertz CT molecular complexity index is 735. The summed E-state index contributed by atoms with van der Waals surface area (Å²) in [7, 11) is 0. The third-order valence-corrected chi connectivity index (χ3v) is 7.98. The van der Waals surface area contributed by atoms with Crippen molar-refractivity contribution in [2.45, 2.75) is 71.7 Å². The summed E-state index contributed by atoms with van der Waals surface area (Å²) in [6, 6.07) is 0. The molecule has 1 heterocycles. The summed E-state index contributed by atoms with van der Waals surface area (Å²) < 4.78 is 11.5. The van der Waals surface area contributed by atoms with Gasteiger partial charge < -0.3 is 14.6 Å². The van der Waals surface area contributed by atoms with E-state index in [1.165, 1.54) is 6.92 Å². The highest BCUT2D eigenvalue weighted by Gasteiger charge is 2.62. The fraction of sp³-hybridized carbons (Fsp3) is 0.727. The monoisotopic (exact) mass is 374 g/mol. The standard InChI is InChI=1S/C22H30O5/c1-11-14-10-15(26-12(2)23)18-13(19(14)27-20(11)25)6-7-16-21(3,4)17(24)8-9-22(16,18)5/h6,14-19,24H,1,7-10H2,2-5H3. The molecule has 5 heteroatoms. The lowest BCUT2D eigenvalue weighted by molar-refractivity contribution is -0.172. The van der Waals surface area contributed by atoms with Gasteiger partial charge in [-0.15, -0.1) is 0 Å². The number of carbonyl (C=O) groups excluding carboxylic acids is 2. The first kappa shape index (κ1) is 18.7. The van der Waals surface area contributed by atoms with Crippen molar-refractivity contribution in [3.05, 3.63) is 23.8 Å². The molecule has 1 aliphatic heterocycles. The molecule has 4 rings (SSSR count). The van der Waals surface area contributed by atoms with E-state index in [0.717, 1.165) is 24.8 Å². The van der Waals surface area contributed by atoms with Crippen molar-refractivity contribution in [2.75, 3.05) is 0 Å². The van der Waals surface area contributed by atoms with Gasteiger partial charge in [-0.25, -0.2) is 4.79 Å². The van der Waals surface area contributed by atoms with Crippen LogP contribution in [0.4, 0.5) is 0 Å². The molecular formula is C22H30O5. The van der Waals surface area contributed by atoms with Crippen molar-refractivity contribution >= 4 is 11.9 Å². The zero-order chi connectivity index (χ0) is 19.7. The van der Waals surface area contributed by atoms with Gasteiger partial charge in [-0.3, -0.25) is 4.79 Å². The topological polar surface area (TPSA) is 72.8 Å². The van der Waals surface area contributed by atoms with Crippen LogP contribution < -0.4 is 0 Å². The van der Waals surface area contributed by atoms with Gasteiger partial charge in [0.1, 0.15) is 12.2 Å². The molecule has 7 atom stereocenters. The van der Waals surface area contributed by atoms with Crippen LogP contribution in [0.1, 0.15) is 53.4 Å². The van der Waals surface area contributed by atoms with Crippen LogP contribution >= 0.6 is 0 Å². The number of hydrogen-bond donors (Lipinski definition) is 1. The van der Waals surface area contributed by atoms with Gasteiger partial charge in [0.05, 0.1) is 6.10 Å². The first-order valence-corrected chi connectivity index (χ1v) is 10.0. The van der Waals surface area contributed by atoms with Crippen molar-refractivity contribution in [2.24, 2.45) is 28.6 Å². The molecule has 0 aromatic carbocycles. The number of esters is 2. The predicted molar refractivity (Wildman–Crippen MR) is 99.5 cm³/mol. The minimum atomic E-state index is -0.335. The lowest BCUT2D eigenvalue weighted by Gasteiger charge is -2.61. The van der Waals surface area contributed by atoms with Crippen LogP contribution in [0.5, 0.6) is 0 Å². The van der Waals surface area contributed by atoms with Crippen LogP contribution in [0, 0.1) is 28.6 Å². The van der Waals surface area contributed by atoms with E-state index in [4.69, 9.17) is 9.47 Å². The Kier molecular flexibility index (Phi) is 4.12. The summed E-state index contributed by atoms with van der Waals surface area (Å²) in [5, 5.41) is 10.6. The van der Waals surface area contributed by atoms with Crippen LogP contribution in [-0.2, 0) is 19.1 Å². The number of allylic oxidation sites excluding steroid dienone is 1. The summed E-state index contributed by atoms with van der Waals surface area (Å²) >= 11 is 0. The summed E-state index contributed by atoms with van der Waals surface area (Å²) in [6.07, 6.45) is 4.29. The van der Waals surface area contributed by atoms with Gasteiger partial charge in [0.15, 0.2) is 0 Å². The molecule has 0 radical (unpaired) electrons. The maximum Gasteiger partial charge on any atom is 0.334 e. The Morgan fingerprint density at radius 2 is 2.07 bits per heavy atom. The molecule has 0 amide bonds. The molecule has 4 aliphatic rings. The summed E-state index contributed by atoms with van der Waals surface area (Å²) in [4.78, 5) is 24.0. The maximum absolute atomic E-state index is 12.2. The van der Waals surface area contributed by atoms with Gasteiger partial charge in [0.25, 0.3) is 0 Å². The summed E-state index contributed by atoms with van der Waals surface area (Å²) in [5.74, 6) is -0.467. The van der Waals surface area contributed by atoms with Crippen LogP contribution in [0.25, 0.3) is 0 Å². The second kappa shape index (κ2) is 5.94. The predicted octanol–water partition coefficient (Wildman–Crippen LogP) is 3.17. The van der Waals surface area contributed by atoms with Gasteiger partial charge >= 0.3 is 11.9 Å². The summed E-state index contributed by atoms with van der Waals surface area (Å²) in [6.45, 7) is 11.9. The molecule has 2 saturated carbocycles. The molecule has 0 aromatic rings. The molecule has 1 N–H and O–H groups in total. The SMILES string of the molecule is C=C1C(=O)OC2C3=CCC4C(C)(C)C(O)CCC4(C)C3C(OC(C)=O)CC12. The van der Waals surface area contributed by atoms with Gasteiger partial charge in [0, 0.05) is 24.3 Å². The van der Waals surface area contributed by atoms with Gasteiger partial charge in [-0.05, 0) is 48.0 Å².